The van der Waals surface area contributed by atoms with E-state index >= 15 is 0 Å². The van der Waals surface area contributed by atoms with E-state index in [1.165, 1.54) is 14.2 Å². The van der Waals surface area contributed by atoms with Crippen LogP contribution in [0.4, 0.5) is 0 Å². The summed E-state index contributed by atoms with van der Waals surface area (Å²) >= 11 is 0. The Labute approximate surface area is 199 Å². The van der Waals surface area contributed by atoms with Crippen molar-refractivity contribution < 1.29 is 38.7 Å². The summed E-state index contributed by atoms with van der Waals surface area (Å²) in [5, 5.41) is 20.2. The molecule has 0 aliphatic heterocycles. The van der Waals surface area contributed by atoms with Crippen LogP contribution in [-0.2, 0) is 28.5 Å². The molecule has 2 atom stereocenters. The summed E-state index contributed by atoms with van der Waals surface area (Å²) in [4.78, 5) is 24.5. The van der Waals surface area contributed by atoms with Crippen molar-refractivity contribution >= 4 is 23.1 Å². The van der Waals surface area contributed by atoms with E-state index in [1.54, 1.807) is 60.7 Å². The van der Waals surface area contributed by atoms with Crippen molar-refractivity contribution in [3.05, 3.63) is 83.9 Å². The van der Waals surface area contributed by atoms with E-state index < -0.39 is 23.8 Å². The molecule has 0 aliphatic carbocycles. The lowest BCUT2D eigenvalue weighted by Crippen LogP contribution is -2.40. The topological polar surface area (TPSA) is 112 Å². The minimum absolute atomic E-state index is 0.0784. The maximum Gasteiger partial charge on any atom is 0.184 e. The van der Waals surface area contributed by atoms with E-state index in [9.17, 15) is 19.8 Å². The molecule has 182 valence electrons. The lowest BCUT2D eigenvalue weighted by atomic mass is 10.1. The van der Waals surface area contributed by atoms with Crippen LogP contribution < -0.4 is 0 Å². The Morgan fingerprint density at radius 3 is 1.38 bits per heavy atom. The lowest BCUT2D eigenvalue weighted by molar-refractivity contribution is -0.143. The quantitative estimate of drug-likeness (QED) is 0.301. The van der Waals surface area contributed by atoms with E-state index in [4.69, 9.17) is 18.9 Å². The number of hydrogen-bond donors (Lipinski definition) is 2. The Bertz CT molecular complexity index is 874. The summed E-state index contributed by atoms with van der Waals surface area (Å²) in [6.07, 6.45) is 0.735. The second-order valence-electron chi connectivity index (χ2n) is 7.33. The van der Waals surface area contributed by atoms with Gasteiger partial charge in [0.25, 0.3) is 0 Å². The zero-order chi connectivity index (χ0) is 24.8. The number of carbonyl (C=O) groups is 2. The number of rotatable bonds is 15. The average Bonchev–Trinajstić information content (AvgIpc) is 2.85. The van der Waals surface area contributed by atoms with Crippen molar-refractivity contribution in [2.45, 2.75) is 12.2 Å². The fourth-order valence-corrected chi connectivity index (χ4v) is 3.01. The summed E-state index contributed by atoms with van der Waals surface area (Å²) in [6.45, 7) is -0.516. The molecular formula is C26H30O8. The summed E-state index contributed by atoms with van der Waals surface area (Å²) in [7, 11) is 2.93. The van der Waals surface area contributed by atoms with Crippen LogP contribution in [0.5, 0.6) is 0 Å². The Morgan fingerprint density at radius 2 is 1.06 bits per heavy atom. The average molecular weight is 471 g/mol. The highest BCUT2D eigenvalue weighted by Gasteiger charge is 2.25. The smallest absolute Gasteiger partial charge is 0.184 e. The molecule has 0 unspecified atom stereocenters. The van der Waals surface area contributed by atoms with Gasteiger partial charge in [0.15, 0.2) is 11.6 Å². The third kappa shape index (κ3) is 9.29. The number of ketones is 2. The van der Waals surface area contributed by atoms with Crippen LogP contribution in [0.2, 0.25) is 0 Å². The van der Waals surface area contributed by atoms with Crippen molar-refractivity contribution in [3.63, 3.8) is 0 Å². The van der Waals surface area contributed by atoms with Gasteiger partial charge in [0, 0.05) is 37.5 Å². The Balaban J connectivity index is 1.97. The molecule has 8 nitrogen and oxygen atoms in total. The minimum atomic E-state index is -0.722. The fraction of sp³-hybridized carbons (Fsp3) is 0.308. The third-order valence-electron chi connectivity index (χ3n) is 4.69. The highest BCUT2D eigenvalue weighted by Crippen LogP contribution is 2.13. The van der Waals surface area contributed by atoms with Crippen molar-refractivity contribution in [1.82, 2.24) is 0 Å². The molecule has 0 amide bonds. The molecule has 2 aromatic carbocycles. The molecule has 0 saturated heterocycles. The van der Waals surface area contributed by atoms with E-state index in [0.717, 1.165) is 12.2 Å². The van der Waals surface area contributed by atoms with Crippen LogP contribution in [0.3, 0.4) is 0 Å². The molecule has 2 aromatic rings. The highest BCUT2D eigenvalue weighted by atomic mass is 16.6. The molecule has 2 N–H and O–H groups in total. The van der Waals surface area contributed by atoms with Gasteiger partial charge in [-0.3, -0.25) is 9.59 Å². The first-order valence-corrected chi connectivity index (χ1v) is 10.6. The van der Waals surface area contributed by atoms with Crippen LogP contribution in [0.25, 0.3) is 11.5 Å². The van der Waals surface area contributed by atoms with Crippen LogP contribution >= 0.6 is 0 Å². The first-order chi connectivity index (χ1) is 16.4. The molecule has 0 bridgehead atoms. The zero-order valence-corrected chi connectivity index (χ0v) is 19.3. The van der Waals surface area contributed by atoms with Gasteiger partial charge in [0.05, 0.1) is 13.2 Å². The number of hydrogen-bond acceptors (Lipinski definition) is 8. The summed E-state index contributed by atoms with van der Waals surface area (Å²) in [5.74, 6) is -1.24. The highest BCUT2D eigenvalue weighted by molar-refractivity contribution is 5.96. The van der Waals surface area contributed by atoms with Gasteiger partial charge in [-0.1, -0.05) is 60.7 Å². The van der Waals surface area contributed by atoms with E-state index in [2.05, 4.69) is 0 Å². The molecule has 0 spiro atoms. The molecule has 0 saturated carbocycles. The largest absolute Gasteiger partial charge is 0.507 e. The van der Waals surface area contributed by atoms with Gasteiger partial charge in [0.2, 0.25) is 0 Å². The van der Waals surface area contributed by atoms with Crippen LogP contribution in [0.15, 0.2) is 72.8 Å². The Kier molecular flexibility index (Phi) is 11.7. The molecule has 34 heavy (non-hydrogen) atoms. The standard InChI is InChI=1S/C26H30O8/c1-31-17-25(33-15-21(27)13-23(29)19-9-5-3-6-10-19)26(18-32-2)34-16-22(28)14-24(30)20-11-7-4-8-12-20/h3-14,25-26,29-30H,15-18H2,1-2H3/b23-13-,24-14-/t25-,26-/m1/s1. The number of benzene rings is 2. The van der Waals surface area contributed by atoms with Crippen molar-refractivity contribution in [2.75, 3.05) is 40.6 Å². The van der Waals surface area contributed by atoms with Gasteiger partial charge >= 0.3 is 0 Å². The van der Waals surface area contributed by atoms with Gasteiger partial charge < -0.3 is 29.2 Å². The van der Waals surface area contributed by atoms with E-state index in [0.29, 0.717) is 11.1 Å². The Morgan fingerprint density at radius 1 is 0.706 bits per heavy atom. The third-order valence-corrected chi connectivity index (χ3v) is 4.69. The number of ether oxygens (including phenoxy) is 4. The second kappa shape index (κ2) is 14.8. The lowest BCUT2D eigenvalue weighted by Gasteiger charge is -2.26. The zero-order valence-electron chi connectivity index (χ0n) is 19.3. The SMILES string of the molecule is COC[C@@H](OCC(=O)/C=C(\O)c1ccccc1)[C@@H](COC)OCC(=O)/C=C(\O)c1ccccc1. The van der Waals surface area contributed by atoms with E-state index in [-0.39, 0.29) is 37.9 Å². The molecule has 0 aliphatic rings. The van der Waals surface area contributed by atoms with Crippen molar-refractivity contribution in [1.29, 1.82) is 0 Å². The van der Waals surface area contributed by atoms with Crippen LogP contribution in [0.1, 0.15) is 11.1 Å². The molecule has 0 radical (unpaired) electrons. The molecule has 8 heteroatoms. The van der Waals surface area contributed by atoms with Crippen molar-refractivity contribution in [3.8, 4) is 0 Å². The van der Waals surface area contributed by atoms with E-state index in [1.807, 2.05) is 0 Å². The summed E-state index contributed by atoms with van der Waals surface area (Å²) < 4.78 is 21.7. The molecule has 0 heterocycles. The predicted octanol–water partition coefficient (Wildman–Crippen LogP) is 3.39. The first kappa shape index (κ1) is 26.9. The summed E-state index contributed by atoms with van der Waals surface area (Å²) in [6, 6.07) is 17.3. The van der Waals surface area contributed by atoms with Gasteiger partial charge in [-0.25, -0.2) is 0 Å². The van der Waals surface area contributed by atoms with Gasteiger partial charge in [-0.2, -0.15) is 0 Å². The Hall–Kier alpha value is -3.30. The summed E-state index contributed by atoms with van der Waals surface area (Å²) in [5.41, 5.74) is 1.02. The van der Waals surface area contributed by atoms with Crippen molar-refractivity contribution in [2.24, 2.45) is 0 Å². The van der Waals surface area contributed by atoms with Crippen LogP contribution in [-0.4, -0.2) is 74.6 Å². The number of carbonyl (C=O) groups excluding carboxylic acids is 2. The van der Waals surface area contributed by atoms with Gasteiger partial charge in [-0.15, -0.1) is 0 Å². The maximum atomic E-state index is 12.3. The minimum Gasteiger partial charge on any atom is -0.507 e. The second-order valence-corrected chi connectivity index (χ2v) is 7.33. The molecule has 0 aromatic heterocycles. The normalized spacial score (nSPS) is 13.9. The maximum absolute atomic E-state index is 12.3. The number of methoxy groups -OCH3 is 2. The van der Waals surface area contributed by atoms with Gasteiger partial charge in [0.1, 0.15) is 36.9 Å². The number of aliphatic hydroxyl groups is 2. The molecular weight excluding hydrogens is 440 g/mol. The molecule has 0 fully saturated rings. The monoisotopic (exact) mass is 470 g/mol. The fourth-order valence-electron chi connectivity index (χ4n) is 3.01. The van der Waals surface area contributed by atoms with Gasteiger partial charge in [-0.05, 0) is 0 Å². The number of aliphatic hydroxyl groups excluding tert-OH is 2. The van der Waals surface area contributed by atoms with Crippen LogP contribution in [0, 0.1) is 0 Å². The molecule has 2 rings (SSSR count). The predicted molar refractivity (Wildman–Crippen MR) is 127 cm³/mol. The first-order valence-electron chi connectivity index (χ1n) is 10.6.